The maximum Gasteiger partial charge on any atom is 0.320 e. The number of hydrogen-bond donors (Lipinski definition) is 1. The highest BCUT2D eigenvalue weighted by Crippen LogP contribution is 2.36. The average molecular weight is 286 g/mol. The standard InChI is InChI=1S/C13H16ClNO4/c1-18-11-6-9(14)5-8(12(11)19-2)7-15-4-3-10(15)13(16)17/h5-6,10H,3-4,7H2,1-2H3,(H,16,17)/t10-/m1/s1. The third kappa shape index (κ3) is 2.77. The van der Waals surface area contributed by atoms with E-state index >= 15 is 0 Å². The number of rotatable bonds is 5. The van der Waals surface area contributed by atoms with E-state index < -0.39 is 12.0 Å². The van der Waals surface area contributed by atoms with Crippen molar-refractivity contribution in [3.63, 3.8) is 0 Å². The number of hydrogen-bond acceptors (Lipinski definition) is 4. The van der Waals surface area contributed by atoms with E-state index in [1.165, 1.54) is 0 Å². The number of likely N-dealkylation sites (tertiary alicyclic amines) is 1. The largest absolute Gasteiger partial charge is 0.493 e. The summed E-state index contributed by atoms with van der Waals surface area (Å²) in [6.07, 6.45) is 0.676. The molecule has 1 saturated heterocycles. The molecule has 104 valence electrons. The van der Waals surface area contributed by atoms with Gasteiger partial charge in [-0.15, -0.1) is 0 Å². The molecule has 0 bridgehead atoms. The molecule has 1 fully saturated rings. The van der Waals surface area contributed by atoms with Gasteiger partial charge in [0.05, 0.1) is 14.2 Å². The molecule has 0 radical (unpaired) electrons. The summed E-state index contributed by atoms with van der Waals surface area (Å²) in [5.74, 6) is 0.361. The van der Waals surface area contributed by atoms with Crippen LogP contribution >= 0.6 is 11.6 Å². The summed E-state index contributed by atoms with van der Waals surface area (Å²) in [6, 6.07) is 3.03. The first-order valence-corrected chi connectivity index (χ1v) is 6.32. The van der Waals surface area contributed by atoms with Gasteiger partial charge in [-0.3, -0.25) is 9.69 Å². The summed E-state index contributed by atoms with van der Waals surface area (Å²) in [6.45, 7) is 1.24. The van der Waals surface area contributed by atoms with Crippen LogP contribution in [0.3, 0.4) is 0 Å². The Balaban J connectivity index is 2.24. The van der Waals surface area contributed by atoms with E-state index in [0.29, 0.717) is 29.5 Å². The van der Waals surface area contributed by atoms with Gasteiger partial charge in [-0.1, -0.05) is 11.6 Å². The maximum atomic E-state index is 11.0. The molecule has 1 aliphatic rings. The quantitative estimate of drug-likeness (QED) is 0.897. The number of halogens is 1. The van der Waals surface area contributed by atoms with Gasteiger partial charge < -0.3 is 14.6 Å². The molecule has 1 aromatic rings. The summed E-state index contributed by atoms with van der Waals surface area (Å²) in [7, 11) is 3.10. The highest BCUT2D eigenvalue weighted by atomic mass is 35.5. The molecule has 0 aliphatic carbocycles. The fourth-order valence-corrected chi connectivity index (χ4v) is 2.48. The molecule has 19 heavy (non-hydrogen) atoms. The Morgan fingerprint density at radius 1 is 1.47 bits per heavy atom. The van der Waals surface area contributed by atoms with Gasteiger partial charge in [0.2, 0.25) is 0 Å². The van der Waals surface area contributed by atoms with Crippen molar-refractivity contribution in [2.45, 2.75) is 19.0 Å². The normalized spacial score (nSPS) is 18.8. The third-order valence-electron chi connectivity index (χ3n) is 3.31. The SMILES string of the molecule is COc1cc(Cl)cc(CN2CC[C@@H]2C(=O)O)c1OC. The summed E-state index contributed by atoms with van der Waals surface area (Å²) >= 11 is 6.03. The van der Waals surface area contributed by atoms with Gasteiger partial charge in [-0.2, -0.15) is 0 Å². The van der Waals surface area contributed by atoms with Crippen LogP contribution in [0.1, 0.15) is 12.0 Å². The molecule has 0 amide bonds. The lowest BCUT2D eigenvalue weighted by Gasteiger charge is -2.38. The van der Waals surface area contributed by atoms with Gasteiger partial charge in [0.25, 0.3) is 0 Å². The summed E-state index contributed by atoms with van der Waals surface area (Å²) in [5, 5.41) is 9.58. The predicted octanol–water partition coefficient (Wildman–Crippen LogP) is 2.02. The highest BCUT2D eigenvalue weighted by molar-refractivity contribution is 6.30. The van der Waals surface area contributed by atoms with Crippen LogP contribution < -0.4 is 9.47 Å². The fraction of sp³-hybridized carbons (Fsp3) is 0.462. The van der Waals surface area contributed by atoms with E-state index in [1.54, 1.807) is 26.4 Å². The van der Waals surface area contributed by atoms with Crippen molar-refractivity contribution in [1.82, 2.24) is 4.90 Å². The number of carboxylic acid groups (broad SMARTS) is 1. The minimum Gasteiger partial charge on any atom is -0.493 e. The maximum absolute atomic E-state index is 11.0. The third-order valence-corrected chi connectivity index (χ3v) is 3.53. The molecule has 2 rings (SSSR count). The van der Waals surface area contributed by atoms with Gasteiger partial charge >= 0.3 is 5.97 Å². The van der Waals surface area contributed by atoms with Crippen LogP contribution in [0.15, 0.2) is 12.1 Å². The van der Waals surface area contributed by atoms with Crippen LogP contribution in [0.25, 0.3) is 0 Å². The minimum atomic E-state index is -0.792. The number of nitrogens with zero attached hydrogens (tertiary/aromatic N) is 1. The van der Waals surface area contributed by atoms with Crippen LogP contribution in [0, 0.1) is 0 Å². The lowest BCUT2D eigenvalue weighted by molar-refractivity contribution is -0.148. The number of benzene rings is 1. The lowest BCUT2D eigenvalue weighted by Crippen LogP contribution is -2.51. The van der Waals surface area contributed by atoms with E-state index in [9.17, 15) is 4.79 Å². The monoisotopic (exact) mass is 285 g/mol. The predicted molar refractivity (Wildman–Crippen MR) is 71.0 cm³/mol. The van der Waals surface area contributed by atoms with Crippen LogP contribution in [0.2, 0.25) is 5.02 Å². The van der Waals surface area contributed by atoms with E-state index in [2.05, 4.69) is 0 Å². The zero-order chi connectivity index (χ0) is 14.0. The molecular formula is C13H16ClNO4. The Morgan fingerprint density at radius 3 is 2.68 bits per heavy atom. The molecule has 0 spiro atoms. The van der Waals surface area contributed by atoms with Gasteiger partial charge in [0.15, 0.2) is 11.5 Å². The molecule has 1 atom stereocenters. The van der Waals surface area contributed by atoms with E-state index in [4.69, 9.17) is 26.2 Å². The molecule has 1 N–H and O–H groups in total. The molecule has 0 aromatic heterocycles. The van der Waals surface area contributed by atoms with E-state index in [-0.39, 0.29) is 0 Å². The van der Waals surface area contributed by atoms with Crippen molar-refractivity contribution in [2.24, 2.45) is 0 Å². The Kier molecular flexibility index (Phi) is 4.17. The highest BCUT2D eigenvalue weighted by Gasteiger charge is 2.34. The molecular weight excluding hydrogens is 270 g/mol. The number of carbonyl (C=O) groups is 1. The summed E-state index contributed by atoms with van der Waals surface area (Å²) < 4.78 is 10.6. The second kappa shape index (κ2) is 5.67. The summed E-state index contributed by atoms with van der Waals surface area (Å²) in [5.41, 5.74) is 0.831. The van der Waals surface area contributed by atoms with Crippen LogP contribution in [-0.2, 0) is 11.3 Å². The van der Waals surface area contributed by atoms with Crippen molar-refractivity contribution < 1.29 is 19.4 Å². The topological polar surface area (TPSA) is 59.0 Å². The minimum absolute atomic E-state index is 0.422. The van der Waals surface area contributed by atoms with Crippen molar-refractivity contribution in [3.8, 4) is 11.5 Å². The first-order valence-electron chi connectivity index (χ1n) is 5.94. The lowest BCUT2D eigenvalue weighted by atomic mass is 10.0. The van der Waals surface area contributed by atoms with Crippen LogP contribution in [-0.4, -0.2) is 42.8 Å². The van der Waals surface area contributed by atoms with Crippen molar-refractivity contribution >= 4 is 17.6 Å². The average Bonchev–Trinajstić information content (AvgIpc) is 2.32. The number of ether oxygens (including phenoxy) is 2. The Morgan fingerprint density at radius 2 is 2.21 bits per heavy atom. The second-order valence-electron chi connectivity index (χ2n) is 4.41. The van der Waals surface area contributed by atoms with Crippen molar-refractivity contribution in [3.05, 3.63) is 22.7 Å². The summed E-state index contributed by atoms with van der Waals surface area (Å²) in [4.78, 5) is 12.9. The molecule has 0 unspecified atom stereocenters. The van der Waals surface area contributed by atoms with Gasteiger partial charge in [0.1, 0.15) is 6.04 Å². The number of methoxy groups -OCH3 is 2. The zero-order valence-corrected chi connectivity index (χ0v) is 11.6. The van der Waals surface area contributed by atoms with Crippen LogP contribution in [0.5, 0.6) is 11.5 Å². The van der Waals surface area contributed by atoms with Gasteiger partial charge in [-0.05, 0) is 12.5 Å². The molecule has 0 saturated carbocycles. The van der Waals surface area contributed by atoms with Gasteiger partial charge in [0, 0.05) is 29.7 Å². The van der Waals surface area contributed by atoms with Crippen LogP contribution in [0.4, 0.5) is 0 Å². The van der Waals surface area contributed by atoms with E-state index in [1.807, 2.05) is 4.90 Å². The Labute approximate surface area is 116 Å². The molecule has 1 aromatic carbocycles. The second-order valence-corrected chi connectivity index (χ2v) is 4.85. The Bertz CT molecular complexity index is 492. The van der Waals surface area contributed by atoms with Crippen molar-refractivity contribution in [1.29, 1.82) is 0 Å². The Hall–Kier alpha value is -1.46. The first-order chi connectivity index (χ1) is 9.06. The smallest absolute Gasteiger partial charge is 0.320 e. The molecule has 1 aliphatic heterocycles. The number of carboxylic acids is 1. The number of aliphatic carboxylic acids is 1. The molecule has 1 heterocycles. The fourth-order valence-electron chi connectivity index (χ4n) is 2.25. The van der Waals surface area contributed by atoms with E-state index in [0.717, 1.165) is 12.1 Å². The first kappa shape index (κ1) is 14.0. The molecule has 5 nitrogen and oxygen atoms in total. The van der Waals surface area contributed by atoms with Gasteiger partial charge in [-0.25, -0.2) is 0 Å². The van der Waals surface area contributed by atoms with Crippen molar-refractivity contribution in [2.75, 3.05) is 20.8 Å². The zero-order valence-electron chi connectivity index (χ0n) is 10.9. The molecule has 6 heteroatoms.